The molecule has 0 atom stereocenters. The second-order valence-electron chi connectivity index (χ2n) is 8.83. The lowest BCUT2D eigenvalue weighted by molar-refractivity contribution is 0.302. The maximum atomic E-state index is 4.41. The third-order valence-electron chi connectivity index (χ3n) is 4.42. The van der Waals surface area contributed by atoms with Crippen LogP contribution in [-0.2, 0) is 6.42 Å². The summed E-state index contributed by atoms with van der Waals surface area (Å²) in [5.74, 6) is 0. The first-order valence-corrected chi connectivity index (χ1v) is 10.8. The number of likely N-dealkylation sites (N-methyl/N-ethyl adjacent to an activating group) is 1. The molecule has 1 rings (SSSR count). The van der Waals surface area contributed by atoms with Crippen LogP contribution in [-0.4, -0.2) is 37.0 Å². The van der Waals surface area contributed by atoms with Gasteiger partial charge in [0, 0.05) is 42.1 Å². The van der Waals surface area contributed by atoms with E-state index < -0.39 is 0 Å². The van der Waals surface area contributed by atoms with Crippen LogP contribution in [0.2, 0.25) is 0 Å². The molecule has 0 aromatic heterocycles. The molecule has 0 aliphatic heterocycles. The highest BCUT2D eigenvalue weighted by Crippen LogP contribution is 2.26. The molecule has 3 heteroatoms. The zero-order valence-corrected chi connectivity index (χ0v) is 20.3. The van der Waals surface area contributed by atoms with Gasteiger partial charge < -0.3 is 9.80 Å². The van der Waals surface area contributed by atoms with Crippen molar-refractivity contribution in [1.82, 2.24) is 9.80 Å². The minimum absolute atomic E-state index is 0.246. The SMILES string of the molecule is C=C(/C=C(\C)CN(CCCc1ccc(I)cc1)C(=C)CC(C)(C)C)N(C)C. The van der Waals surface area contributed by atoms with Gasteiger partial charge >= 0.3 is 0 Å². The number of hydrogen-bond donors (Lipinski definition) is 0. The van der Waals surface area contributed by atoms with E-state index in [0.717, 1.165) is 38.0 Å². The Morgan fingerprint density at radius 2 is 1.70 bits per heavy atom. The quantitative estimate of drug-likeness (QED) is 0.279. The standard InChI is InChI=1S/C24H37IN2/c1-19(16-20(2)26(7)8)18-27(21(3)17-24(4,5)6)15-9-10-22-11-13-23(25)14-12-22/h11-14,16H,2-3,9-10,15,17-18H2,1,4-8H3/b19-16+. The van der Waals surface area contributed by atoms with Crippen molar-refractivity contribution >= 4 is 22.6 Å². The third kappa shape index (κ3) is 10.0. The molecule has 2 nitrogen and oxygen atoms in total. The van der Waals surface area contributed by atoms with Gasteiger partial charge in [0.15, 0.2) is 0 Å². The second-order valence-corrected chi connectivity index (χ2v) is 10.1. The van der Waals surface area contributed by atoms with Crippen LogP contribution < -0.4 is 0 Å². The average molecular weight is 480 g/mol. The maximum Gasteiger partial charge on any atom is 0.0386 e. The lowest BCUT2D eigenvalue weighted by atomic mass is 9.90. The smallest absolute Gasteiger partial charge is 0.0386 e. The fourth-order valence-corrected chi connectivity index (χ4v) is 3.32. The predicted octanol–water partition coefficient (Wildman–Crippen LogP) is 6.50. The van der Waals surface area contributed by atoms with Crippen LogP contribution in [0.3, 0.4) is 0 Å². The molecular formula is C24H37IN2. The van der Waals surface area contributed by atoms with Crippen molar-refractivity contribution in [3.63, 3.8) is 0 Å². The molecule has 0 saturated heterocycles. The first kappa shape index (κ1) is 23.8. The molecule has 0 heterocycles. The largest absolute Gasteiger partial charge is 0.378 e. The van der Waals surface area contributed by atoms with E-state index in [2.05, 4.69) is 104 Å². The summed E-state index contributed by atoms with van der Waals surface area (Å²) in [6.07, 6.45) is 5.42. The molecule has 0 spiro atoms. The van der Waals surface area contributed by atoms with Crippen LogP contribution in [0, 0.1) is 8.99 Å². The Balaban J connectivity index is 2.76. The van der Waals surface area contributed by atoms with Crippen molar-refractivity contribution in [2.24, 2.45) is 5.41 Å². The Hall–Kier alpha value is -1.23. The molecule has 0 N–H and O–H groups in total. The van der Waals surface area contributed by atoms with Gasteiger partial charge in [0.05, 0.1) is 0 Å². The Kier molecular flexibility index (Phi) is 9.65. The fourth-order valence-electron chi connectivity index (χ4n) is 2.96. The Morgan fingerprint density at radius 3 is 2.22 bits per heavy atom. The highest BCUT2D eigenvalue weighted by molar-refractivity contribution is 14.1. The molecular weight excluding hydrogens is 443 g/mol. The molecule has 1 aromatic carbocycles. The predicted molar refractivity (Wildman–Crippen MR) is 129 cm³/mol. The van der Waals surface area contributed by atoms with Crippen LogP contribution in [0.15, 0.2) is 60.5 Å². The Bertz CT molecular complexity index is 648. The molecule has 0 unspecified atom stereocenters. The van der Waals surface area contributed by atoms with Gasteiger partial charge in [0.2, 0.25) is 0 Å². The summed E-state index contributed by atoms with van der Waals surface area (Å²) in [5.41, 5.74) is 5.24. The van der Waals surface area contributed by atoms with E-state index in [1.807, 2.05) is 14.1 Å². The topological polar surface area (TPSA) is 6.48 Å². The van der Waals surface area contributed by atoms with E-state index in [0.29, 0.717) is 0 Å². The van der Waals surface area contributed by atoms with Crippen LogP contribution in [0.5, 0.6) is 0 Å². The van der Waals surface area contributed by atoms with Gasteiger partial charge in [-0.2, -0.15) is 0 Å². The van der Waals surface area contributed by atoms with E-state index >= 15 is 0 Å². The van der Waals surface area contributed by atoms with Crippen LogP contribution in [0.1, 0.15) is 46.1 Å². The summed E-state index contributed by atoms with van der Waals surface area (Å²) in [7, 11) is 4.06. The molecule has 27 heavy (non-hydrogen) atoms. The number of nitrogens with zero attached hydrogens (tertiary/aromatic N) is 2. The monoisotopic (exact) mass is 480 g/mol. The minimum Gasteiger partial charge on any atom is -0.378 e. The lowest BCUT2D eigenvalue weighted by Gasteiger charge is -2.31. The highest BCUT2D eigenvalue weighted by Gasteiger charge is 2.17. The number of halogens is 1. The number of rotatable bonds is 10. The maximum absolute atomic E-state index is 4.41. The summed E-state index contributed by atoms with van der Waals surface area (Å²) >= 11 is 2.36. The van der Waals surface area contributed by atoms with Crippen molar-refractivity contribution in [2.75, 3.05) is 27.2 Å². The van der Waals surface area contributed by atoms with Gasteiger partial charge in [-0.05, 0) is 78.0 Å². The van der Waals surface area contributed by atoms with Gasteiger partial charge in [-0.3, -0.25) is 0 Å². The molecule has 0 radical (unpaired) electrons. The summed E-state index contributed by atoms with van der Waals surface area (Å²) in [4.78, 5) is 4.50. The van der Waals surface area contributed by atoms with E-state index in [-0.39, 0.29) is 5.41 Å². The summed E-state index contributed by atoms with van der Waals surface area (Å²) in [5, 5.41) is 0. The van der Waals surface area contributed by atoms with Crippen molar-refractivity contribution in [1.29, 1.82) is 0 Å². The van der Waals surface area contributed by atoms with Gasteiger partial charge in [-0.15, -0.1) is 0 Å². The van der Waals surface area contributed by atoms with Gasteiger partial charge in [0.1, 0.15) is 0 Å². The molecule has 0 fully saturated rings. The van der Waals surface area contributed by atoms with E-state index in [4.69, 9.17) is 0 Å². The molecule has 0 bridgehead atoms. The van der Waals surface area contributed by atoms with Crippen LogP contribution in [0.4, 0.5) is 0 Å². The van der Waals surface area contributed by atoms with Crippen LogP contribution >= 0.6 is 22.6 Å². The number of aryl methyl sites for hydroxylation is 1. The first-order valence-electron chi connectivity index (χ1n) is 9.68. The zero-order valence-electron chi connectivity index (χ0n) is 18.1. The van der Waals surface area contributed by atoms with Crippen molar-refractivity contribution in [3.05, 3.63) is 69.6 Å². The molecule has 0 amide bonds. The summed E-state index contributed by atoms with van der Waals surface area (Å²) in [6.45, 7) is 19.5. The molecule has 0 saturated carbocycles. The van der Waals surface area contributed by atoms with Gasteiger partial charge in [-0.1, -0.05) is 51.6 Å². The average Bonchev–Trinajstić information content (AvgIpc) is 2.53. The van der Waals surface area contributed by atoms with Gasteiger partial charge in [0.25, 0.3) is 0 Å². The Labute approximate surface area is 181 Å². The first-order chi connectivity index (χ1) is 12.5. The summed E-state index contributed by atoms with van der Waals surface area (Å²) < 4.78 is 1.29. The minimum atomic E-state index is 0.246. The van der Waals surface area contributed by atoms with Crippen molar-refractivity contribution < 1.29 is 0 Å². The number of allylic oxidation sites excluding steroid dienone is 2. The molecule has 0 aliphatic carbocycles. The molecule has 1 aromatic rings. The lowest BCUT2D eigenvalue weighted by Crippen LogP contribution is -2.28. The van der Waals surface area contributed by atoms with Crippen molar-refractivity contribution in [2.45, 2.75) is 47.0 Å². The molecule has 150 valence electrons. The second kappa shape index (κ2) is 10.9. The number of benzene rings is 1. The zero-order chi connectivity index (χ0) is 20.6. The Morgan fingerprint density at radius 1 is 1.11 bits per heavy atom. The van der Waals surface area contributed by atoms with Gasteiger partial charge in [-0.25, -0.2) is 0 Å². The summed E-state index contributed by atoms with van der Waals surface area (Å²) in [6, 6.07) is 8.85. The van der Waals surface area contributed by atoms with Crippen molar-refractivity contribution in [3.8, 4) is 0 Å². The van der Waals surface area contributed by atoms with E-state index in [1.54, 1.807) is 0 Å². The van der Waals surface area contributed by atoms with Crippen LogP contribution in [0.25, 0.3) is 0 Å². The molecule has 0 aliphatic rings. The fraction of sp³-hybridized carbons (Fsp3) is 0.500. The number of hydrogen-bond acceptors (Lipinski definition) is 2. The normalized spacial score (nSPS) is 12.0. The van der Waals surface area contributed by atoms with E-state index in [9.17, 15) is 0 Å². The highest BCUT2D eigenvalue weighted by atomic mass is 127. The van der Waals surface area contributed by atoms with E-state index in [1.165, 1.54) is 20.4 Å². The third-order valence-corrected chi connectivity index (χ3v) is 5.14.